The van der Waals surface area contributed by atoms with Gasteiger partial charge in [0.05, 0.1) is 6.54 Å². The molecule has 1 aliphatic rings. The Labute approximate surface area is 84.2 Å². The van der Waals surface area contributed by atoms with Crippen LogP contribution in [0.4, 0.5) is 8.78 Å². The summed E-state index contributed by atoms with van der Waals surface area (Å²) >= 11 is 0. The van der Waals surface area contributed by atoms with Gasteiger partial charge in [0.25, 0.3) is 6.43 Å². The van der Waals surface area contributed by atoms with Crippen LogP contribution < -0.4 is 11.1 Å². The topological polar surface area (TPSA) is 38.0 Å². The second-order valence-corrected chi connectivity index (χ2v) is 4.27. The van der Waals surface area contributed by atoms with Crippen LogP contribution in [0.5, 0.6) is 0 Å². The molecular weight excluding hydrogens is 186 g/mol. The molecule has 0 aromatic rings. The molecule has 1 saturated carbocycles. The van der Waals surface area contributed by atoms with Gasteiger partial charge in [-0.25, -0.2) is 8.78 Å². The van der Waals surface area contributed by atoms with E-state index in [1.54, 1.807) is 0 Å². The molecule has 1 rings (SSSR count). The average Bonchev–Trinajstić information content (AvgIpc) is 2.14. The first-order chi connectivity index (χ1) is 6.62. The van der Waals surface area contributed by atoms with E-state index >= 15 is 0 Å². The third kappa shape index (κ3) is 4.33. The summed E-state index contributed by atoms with van der Waals surface area (Å²) in [5.41, 5.74) is 6.06. The maximum atomic E-state index is 11.8. The largest absolute Gasteiger partial charge is 0.325 e. The number of hydrogen-bond acceptors (Lipinski definition) is 2. The normalized spacial score (nSPS) is 21.4. The Morgan fingerprint density at radius 2 is 1.86 bits per heavy atom. The number of nitrogens with two attached hydrogens (primary N) is 1. The van der Waals surface area contributed by atoms with Crippen molar-refractivity contribution in [3.63, 3.8) is 0 Å². The fourth-order valence-corrected chi connectivity index (χ4v) is 2.05. The van der Waals surface area contributed by atoms with Crippen LogP contribution in [0.15, 0.2) is 0 Å². The standard InChI is InChI=1S/C10H20F2N2/c11-9(12)8-14-7-6-10(13)4-2-1-3-5-10/h9,14H,1-8,13H2. The highest BCUT2D eigenvalue weighted by Gasteiger charge is 2.26. The number of nitrogens with one attached hydrogen (secondary N) is 1. The van der Waals surface area contributed by atoms with Crippen molar-refractivity contribution in [2.75, 3.05) is 13.1 Å². The van der Waals surface area contributed by atoms with Gasteiger partial charge in [-0.05, 0) is 25.8 Å². The lowest BCUT2D eigenvalue weighted by molar-refractivity contribution is 0.144. The van der Waals surface area contributed by atoms with Crippen molar-refractivity contribution < 1.29 is 8.78 Å². The third-order valence-electron chi connectivity index (χ3n) is 2.95. The van der Waals surface area contributed by atoms with Crippen LogP contribution in [-0.4, -0.2) is 25.1 Å². The summed E-state index contributed by atoms with van der Waals surface area (Å²) in [6.07, 6.45) is 4.29. The van der Waals surface area contributed by atoms with Crippen molar-refractivity contribution in [2.24, 2.45) is 5.73 Å². The zero-order valence-electron chi connectivity index (χ0n) is 8.57. The number of halogens is 2. The maximum Gasteiger partial charge on any atom is 0.250 e. The monoisotopic (exact) mass is 206 g/mol. The molecule has 0 aromatic carbocycles. The summed E-state index contributed by atoms with van der Waals surface area (Å²) in [4.78, 5) is 0. The second kappa shape index (κ2) is 5.61. The Bertz CT molecular complexity index is 156. The molecule has 0 aromatic heterocycles. The Kier molecular flexibility index (Phi) is 4.75. The van der Waals surface area contributed by atoms with Crippen molar-refractivity contribution in [3.05, 3.63) is 0 Å². The van der Waals surface area contributed by atoms with E-state index in [2.05, 4.69) is 5.32 Å². The zero-order chi connectivity index (χ0) is 10.4. The van der Waals surface area contributed by atoms with Crippen LogP contribution in [0.2, 0.25) is 0 Å². The molecular formula is C10H20F2N2. The minimum absolute atomic E-state index is 0.0899. The van der Waals surface area contributed by atoms with Crippen LogP contribution in [0, 0.1) is 0 Å². The number of hydrogen-bond donors (Lipinski definition) is 2. The first-order valence-electron chi connectivity index (χ1n) is 5.40. The summed E-state index contributed by atoms with van der Waals surface area (Å²) in [6.45, 7) is 0.400. The molecule has 0 bridgehead atoms. The summed E-state index contributed by atoms with van der Waals surface area (Å²) in [5.74, 6) is 0. The first kappa shape index (κ1) is 11.9. The van der Waals surface area contributed by atoms with Crippen molar-refractivity contribution >= 4 is 0 Å². The van der Waals surface area contributed by atoms with E-state index in [4.69, 9.17) is 5.73 Å². The minimum Gasteiger partial charge on any atom is -0.325 e. The van der Waals surface area contributed by atoms with Gasteiger partial charge in [-0.2, -0.15) is 0 Å². The van der Waals surface area contributed by atoms with E-state index in [0.29, 0.717) is 6.54 Å². The summed E-state index contributed by atoms with van der Waals surface area (Å²) in [7, 11) is 0. The van der Waals surface area contributed by atoms with E-state index in [0.717, 1.165) is 19.3 Å². The molecule has 3 N–H and O–H groups in total. The van der Waals surface area contributed by atoms with Gasteiger partial charge in [0.2, 0.25) is 0 Å². The van der Waals surface area contributed by atoms with Gasteiger partial charge in [-0.1, -0.05) is 19.3 Å². The quantitative estimate of drug-likeness (QED) is 0.674. The molecule has 2 nitrogen and oxygen atoms in total. The molecule has 0 unspecified atom stereocenters. The Morgan fingerprint density at radius 3 is 2.43 bits per heavy atom. The van der Waals surface area contributed by atoms with Crippen LogP contribution >= 0.6 is 0 Å². The van der Waals surface area contributed by atoms with Gasteiger partial charge in [0, 0.05) is 5.54 Å². The molecule has 0 heterocycles. The predicted molar refractivity (Wildman–Crippen MR) is 53.5 cm³/mol. The number of alkyl halides is 2. The van der Waals surface area contributed by atoms with Crippen LogP contribution in [-0.2, 0) is 0 Å². The third-order valence-corrected chi connectivity index (χ3v) is 2.95. The summed E-state index contributed by atoms with van der Waals surface area (Å²) in [5, 5.41) is 2.73. The minimum atomic E-state index is -2.25. The van der Waals surface area contributed by atoms with E-state index in [9.17, 15) is 8.78 Å². The maximum absolute atomic E-state index is 11.8. The van der Waals surface area contributed by atoms with Crippen molar-refractivity contribution in [1.82, 2.24) is 5.32 Å². The lowest BCUT2D eigenvalue weighted by atomic mass is 9.80. The molecule has 0 radical (unpaired) electrons. The molecule has 0 saturated heterocycles. The van der Waals surface area contributed by atoms with Gasteiger partial charge in [0.15, 0.2) is 0 Å². The Hall–Kier alpha value is -0.220. The lowest BCUT2D eigenvalue weighted by Gasteiger charge is -2.33. The van der Waals surface area contributed by atoms with Gasteiger partial charge in [0.1, 0.15) is 0 Å². The van der Waals surface area contributed by atoms with E-state index < -0.39 is 6.43 Å². The number of rotatable bonds is 5. The molecule has 14 heavy (non-hydrogen) atoms. The summed E-state index contributed by atoms with van der Waals surface area (Å²) in [6, 6.07) is 0. The second-order valence-electron chi connectivity index (χ2n) is 4.27. The van der Waals surface area contributed by atoms with Gasteiger partial charge < -0.3 is 11.1 Å². The van der Waals surface area contributed by atoms with Crippen LogP contribution in [0.1, 0.15) is 38.5 Å². The smallest absolute Gasteiger partial charge is 0.250 e. The average molecular weight is 206 g/mol. The zero-order valence-corrected chi connectivity index (χ0v) is 8.57. The molecule has 0 aliphatic heterocycles. The molecule has 0 amide bonds. The Morgan fingerprint density at radius 1 is 1.21 bits per heavy atom. The van der Waals surface area contributed by atoms with Crippen molar-refractivity contribution in [3.8, 4) is 0 Å². The fraction of sp³-hybridized carbons (Fsp3) is 1.00. The van der Waals surface area contributed by atoms with E-state index in [1.165, 1.54) is 19.3 Å². The highest BCUT2D eigenvalue weighted by molar-refractivity contribution is 4.87. The van der Waals surface area contributed by atoms with E-state index in [1.807, 2.05) is 0 Å². The molecule has 0 spiro atoms. The highest BCUT2D eigenvalue weighted by atomic mass is 19.3. The van der Waals surface area contributed by atoms with Crippen molar-refractivity contribution in [2.45, 2.75) is 50.5 Å². The molecule has 1 aliphatic carbocycles. The lowest BCUT2D eigenvalue weighted by Crippen LogP contribution is -2.44. The van der Waals surface area contributed by atoms with E-state index in [-0.39, 0.29) is 12.1 Å². The molecule has 4 heteroatoms. The molecule has 0 atom stereocenters. The molecule has 84 valence electrons. The van der Waals surface area contributed by atoms with Crippen LogP contribution in [0.25, 0.3) is 0 Å². The van der Waals surface area contributed by atoms with Gasteiger partial charge in [-0.15, -0.1) is 0 Å². The Balaban J connectivity index is 2.09. The van der Waals surface area contributed by atoms with Gasteiger partial charge in [-0.3, -0.25) is 0 Å². The highest BCUT2D eigenvalue weighted by Crippen LogP contribution is 2.28. The summed E-state index contributed by atoms with van der Waals surface area (Å²) < 4.78 is 23.6. The van der Waals surface area contributed by atoms with Crippen LogP contribution in [0.3, 0.4) is 0 Å². The SMILES string of the molecule is NC1(CCNCC(F)F)CCCCC1. The first-order valence-corrected chi connectivity index (χ1v) is 5.40. The van der Waals surface area contributed by atoms with Crippen molar-refractivity contribution in [1.29, 1.82) is 0 Å². The predicted octanol–water partition coefficient (Wildman–Crippen LogP) is 1.89. The molecule has 1 fully saturated rings. The van der Waals surface area contributed by atoms with Gasteiger partial charge >= 0.3 is 0 Å². The fourth-order valence-electron chi connectivity index (χ4n) is 2.05.